The molecular formula is C40H23NO2. The predicted octanol–water partition coefficient (Wildman–Crippen LogP) is 11.4. The van der Waals surface area contributed by atoms with E-state index in [0.717, 1.165) is 49.6 Å². The van der Waals surface area contributed by atoms with Gasteiger partial charge in [-0.3, -0.25) is 0 Å². The lowest BCUT2D eigenvalue weighted by molar-refractivity contribution is 0.633. The first-order valence-corrected chi connectivity index (χ1v) is 14.6. The molecule has 0 amide bonds. The summed E-state index contributed by atoms with van der Waals surface area (Å²) in [5, 5.41) is 9.27. The van der Waals surface area contributed by atoms with Gasteiger partial charge in [-0.1, -0.05) is 84.9 Å². The van der Waals surface area contributed by atoms with E-state index >= 15 is 0 Å². The van der Waals surface area contributed by atoms with Crippen molar-refractivity contribution in [3.8, 4) is 16.8 Å². The molecule has 0 aliphatic carbocycles. The van der Waals surface area contributed by atoms with Crippen LogP contribution < -0.4 is 0 Å². The smallest absolute Gasteiger partial charge is 0.178 e. The Labute approximate surface area is 245 Å². The Morgan fingerprint density at radius 2 is 0.977 bits per heavy atom. The van der Waals surface area contributed by atoms with Crippen molar-refractivity contribution in [2.24, 2.45) is 0 Å². The minimum atomic E-state index is 0.787. The zero-order valence-corrected chi connectivity index (χ0v) is 23.0. The largest absolute Gasteiger partial charge is 0.452 e. The maximum atomic E-state index is 6.51. The molecule has 0 fully saturated rings. The van der Waals surface area contributed by atoms with E-state index < -0.39 is 0 Å². The van der Waals surface area contributed by atoms with Crippen molar-refractivity contribution in [2.45, 2.75) is 0 Å². The van der Waals surface area contributed by atoms with Crippen LogP contribution >= 0.6 is 0 Å². The summed E-state index contributed by atoms with van der Waals surface area (Å²) in [5.74, 6) is 0. The van der Waals surface area contributed by atoms with Crippen molar-refractivity contribution in [2.75, 3.05) is 0 Å². The average Bonchev–Trinajstić information content (AvgIpc) is 3.73. The Morgan fingerprint density at radius 3 is 1.70 bits per heavy atom. The van der Waals surface area contributed by atoms with E-state index in [1.165, 1.54) is 43.7 Å². The van der Waals surface area contributed by atoms with E-state index in [9.17, 15) is 0 Å². The van der Waals surface area contributed by atoms with Crippen LogP contribution in [0, 0.1) is 0 Å². The molecule has 0 radical (unpaired) electrons. The fourth-order valence-corrected chi connectivity index (χ4v) is 7.04. The minimum Gasteiger partial charge on any atom is -0.452 e. The van der Waals surface area contributed by atoms with Gasteiger partial charge in [0.15, 0.2) is 11.2 Å². The molecule has 0 bridgehead atoms. The number of rotatable bonds is 2. The van der Waals surface area contributed by atoms with E-state index in [0.29, 0.717) is 0 Å². The van der Waals surface area contributed by atoms with Crippen molar-refractivity contribution in [3.63, 3.8) is 0 Å². The van der Waals surface area contributed by atoms with Crippen molar-refractivity contribution in [1.82, 2.24) is 4.57 Å². The van der Waals surface area contributed by atoms with Gasteiger partial charge in [-0.2, -0.15) is 0 Å². The SMILES string of the molecule is c1ccc2c(-c3ccc4oc5c(ccc6c7cc(-n8c9ccccc9c9ccccc98)ccc7oc65)c4c3)cccc2c1. The van der Waals surface area contributed by atoms with E-state index in [2.05, 4.69) is 144 Å². The van der Waals surface area contributed by atoms with Crippen LogP contribution in [0.25, 0.3) is 93.3 Å². The van der Waals surface area contributed by atoms with Crippen molar-refractivity contribution in [3.05, 3.63) is 140 Å². The van der Waals surface area contributed by atoms with Gasteiger partial charge in [-0.05, 0) is 76.5 Å². The summed E-state index contributed by atoms with van der Waals surface area (Å²) >= 11 is 0. The number of hydrogen-bond acceptors (Lipinski definition) is 2. The molecule has 0 N–H and O–H groups in total. The minimum absolute atomic E-state index is 0.787. The molecule has 0 saturated carbocycles. The molecule has 0 unspecified atom stereocenters. The highest BCUT2D eigenvalue weighted by Crippen LogP contribution is 2.41. The monoisotopic (exact) mass is 549 g/mol. The standard InChI is InChI=1S/C40H23NO2/c1-2-10-27-24(8-1)9-7-13-28(27)25-16-20-37-33(22-25)31-18-19-32-34-23-26(17-21-38(34)43-40(32)39(31)42-37)41-35-14-5-3-11-29(35)30-12-4-6-15-36(30)41/h1-23H. The van der Waals surface area contributed by atoms with Crippen molar-refractivity contribution < 1.29 is 8.83 Å². The van der Waals surface area contributed by atoms with Gasteiger partial charge in [0.05, 0.1) is 11.0 Å². The van der Waals surface area contributed by atoms with Crippen molar-refractivity contribution >= 4 is 76.5 Å². The molecule has 3 heteroatoms. The second kappa shape index (κ2) is 8.37. The first-order chi connectivity index (χ1) is 21.3. The second-order valence-electron chi connectivity index (χ2n) is 11.3. The van der Waals surface area contributed by atoms with Crippen LogP contribution in [0.15, 0.2) is 148 Å². The quantitative estimate of drug-likeness (QED) is 0.215. The van der Waals surface area contributed by atoms with Crippen LogP contribution in [-0.4, -0.2) is 4.57 Å². The summed E-state index contributed by atoms with van der Waals surface area (Å²) in [7, 11) is 0. The van der Waals surface area contributed by atoms with Gasteiger partial charge in [0.1, 0.15) is 11.2 Å². The molecule has 0 spiro atoms. The molecule has 0 aliphatic rings. The molecule has 3 heterocycles. The van der Waals surface area contributed by atoms with Gasteiger partial charge in [0.2, 0.25) is 0 Å². The average molecular weight is 550 g/mol. The molecule has 3 nitrogen and oxygen atoms in total. The van der Waals surface area contributed by atoms with Gasteiger partial charge in [-0.15, -0.1) is 0 Å². The molecule has 200 valence electrons. The molecule has 43 heavy (non-hydrogen) atoms. The Bertz CT molecular complexity index is 2680. The molecule has 0 aliphatic heterocycles. The lowest BCUT2D eigenvalue weighted by Gasteiger charge is -2.07. The molecule has 7 aromatic carbocycles. The number of furan rings is 2. The number of aromatic nitrogens is 1. The van der Waals surface area contributed by atoms with E-state index in [4.69, 9.17) is 8.83 Å². The lowest BCUT2D eigenvalue weighted by Crippen LogP contribution is -1.93. The van der Waals surface area contributed by atoms with Gasteiger partial charge < -0.3 is 13.4 Å². The van der Waals surface area contributed by atoms with Gasteiger partial charge in [0.25, 0.3) is 0 Å². The normalized spacial score (nSPS) is 12.2. The maximum Gasteiger partial charge on any atom is 0.178 e. The lowest BCUT2D eigenvalue weighted by atomic mass is 9.97. The highest BCUT2D eigenvalue weighted by molar-refractivity contribution is 6.20. The first-order valence-electron chi connectivity index (χ1n) is 14.6. The fourth-order valence-electron chi connectivity index (χ4n) is 7.04. The Kier molecular flexibility index (Phi) is 4.45. The highest BCUT2D eigenvalue weighted by atomic mass is 16.4. The Hall–Kier alpha value is -5.80. The van der Waals surface area contributed by atoms with Crippen LogP contribution in [0.1, 0.15) is 0 Å². The molecule has 0 saturated heterocycles. The third-order valence-corrected chi connectivity index (χ3v) is 9.00. The number of hydrogen-bond donors (Lipinski definition) is 0. The highest BCUT2D eigenvalue weighted by Gasteiger charge is 2.18. The molecule has 10 rings (SSSR count). The van der Waals surface area contributed by atoms with Crippen LogP contribution in [0.3, 0.4) is 0 Å². The van der Waals surface area contributed by atoms with Crippen LogP contribution in [0.4, 0.5) is 0 Å². The van der Waals surface area contributed by atoms with E-state index in [1.54, 1.807) is 0 Å². The zero-order chi connectivity index (χ0) is 28.1. The summed E-state index contributed by atoms with van der Waals surface area (Å²) in [6, 6.07) is 49.5. The number of nitrogens with zero attached hydrogens (tertiary/aromatic N) is 1. The zero-order valence-electron chi connectivity index (χ0n) is 23.0. The van der Waals surface area contributed by atoms with E-state index in [-0.39, 0.29) is 0 Å². The molecule has 3 aromatic heterocycles. The second-order valence-corrected chi connectivity index (χ2v) is 11.3. The van der Waals surface area contributed by atoms with Crippen LogP contribution in [0.2, 0.25) is 0 Å². The van der Waals surface area contributed by atoms with Crippen molar-refractivity contribution in [1.29, 1.82) is 0 Å². The predicted molar refractivity (Wildman–Crippen MR) is 178 cm³/mol. The fraction of sp³-hybridized carbons (Fsp3) is 0. The number of fused-ring (bicyclic) bond motifs is 11. The summed E-state index contributed by atoms with van der Waals surface area (Å²) in [6.45, 7) is 0. The third-order valence-electron chi connectivity index (χ3n) is 9.00. The summed E-state index contributed by atoms with van der Waals surface area (Å²) in [4.78, 5) is 0. The van der Waals surface area contributed by atoms with Crippen LogP contribution in [-0.2, 0) is 0 Å². The third kappa shape index (κ3) is 3.14. The molecular weight excluding hydrogens is 526 g/mol. The summed E-state index contributed by atoms with van der Waals surface area (Å²) in [6.07, 6.45) is 0. The molecule has 0 atom stereocenters. The first kappa shape index (κ1) is 22.8. The Balaban J connectivity index is 1.19. The maximum absolute atomic E-state index is 6.51. The van der Waals surface area contributed by atoms with Gasteiger partial charge >= 0.3 is 0 Å². The number of benzene rings is 7. The molecule has 10 aromatic rings. The van der Waals surface area contributed by atoms with Crippen LogP contribution in [0.5, 0.6) is 0 Å². The van der Waals surface area contributed by atoms with Gasteiger partial charge in [-0.25, -0.2) is 0 Å². The Morgan fingerprint density at radius 1 is 0.395 bits per heavy atom. The summed E-state index contributed by atoms with van der Waals surface area (Å²) in [5.41, 5.74) is 9.17. The topological polar surface area (TPSA) is 31.2 Å². The van der Waals surface area contributed by atoms with Gasteiger partial charge in [0, 0.05) is 38.0 Å². The summed E-state index contributed by atoms with van der Waals surface area (Å²) < 4.78 is 15.3. The number of para-hydroxylation sites is 2. The van der Waals surface area contributed by atoms with E-state index in [1.807, 2.05) is 0 Å².